The fraction of sp³-hybridized carbons (Fsp3) is 0. The Kier molecular flexibility index (Phi) is 2.73. The number of nitrogens with one attached hydrogen (secondary N) is 1. The molecule has 0 aliphatic carbocycles. The van der Waals surface area contributed by atoms with Gasteiger partial charge in [-0.1, -0.05) is 35.8 Å². The number of aromatic nitrogens is 2. The van der Waals surface area contributed by atoms with E-state index >= 15 is 0 Å². The summed E-state index contributed by atoms with van der Waals surface area (Å²) in [6.45, 7) is 0. The number of hydrazine groups is 1. The summed E-state index contributed by atoms with van der Waals surface area (Å²) in [6, 6.07) is 12.7. The maximum Gasteiger partial charge on any atom is 0.212 e. The van der Waals surface area contributed by atoms with Crippen molar-refractivity contribution in [2.24, 2.45) is 0 Å². The molecule has 1 aromatic carbocycles. The molecule has 0 saturated heterocycles. The van der Waals surface area contributed by atoms with Gasteiger partial charge in [0.05, 0.1) is 5.69 Å². The largest absolute Gasteiger partial charge is 0.234 e. The highest BCUT2D eigenvalue weighted by atomic mass is 16.7. The Bertz CT molecular complexity index is 484. The van der Waals surface area contributed by atoms with Crippen LogP contribution in [0, 0.1) is 10.1 Å². The van der Waals surface area contributed by atoms with Crippen LogP contribution < -0.4 is 5.43 Å². The van der Waals surface area contributed by atoms with Crippen LogP contribution in [0.4, 0.5) is 5.82 Å². The molecule has 0 atom stereocenters. The summed E-state index contributed by atoms with van der Waals surface area (Å²) in [7, 11) is 0. The van der Waals surface area contributed by atoms with E-state index in [-0.39, 0.29) is 5.82 Å². The summed E-state index contributed by atoms with van der Waals surface area (Å²) in [4.78, 5) is 10.2. The Hall–Kier alpha value is -2.50. The number of hydrogen-bond acceptors (Lipinski definition) is 4. The van der Waals surface area contributed by atoms with Gasteiger partial charge in [0.25, 0.3) is 0 Å². The summed E-state index contributed by atoms with van der Waals surface area (Å²) >= 11 is 0. The van der Waals surface area contributed by atoms with Crippen molar-refractivity contribution in [2.75, 3.05) is 5.43 Å². The zero-order chi connectivity index (χ0) is 11.4. The van der Waals surface area contributed by atoms with Crippen LogP contribution in [0.1, 0.15) is 0 Å². The number of anilines is 1. The van der Waals surface area contributed by atoms with Crippen molar-refractivity contribution in [1.29, 1.82) is 0 Å². The van der Waals surface area contributed by atoms with Crippen molar-refractivity contribution < 1.29 is 5.03 Å². The molecule has 2 rings (SSSR count). The standard InChI is InChI=1S/C10H8N4O2/c15-14(16)13-10-7-6-9(11-12-10)8-4-2-1-3-5-8/h1-7H,(H,12,13). The second kappa shape index (κ2) is 4.35. The number of rotatable bonds is 3. The third-order valence-corrected chi connectivity index (χ3v) is 1.94. The van der Waals surface area contributed by atoms with Gasteiger partial charge in [0.1, 0.15) is 0 Å². The van der Waals surface area contributed by atoms with Gasteiger partial charge in [-0.2, -0.15) is 0 Å². The van der Waals surface area contributed by atoms with Gasteiger partial charge in [-0.25, -0.2) is 10.1 Å². The maximum absolute atomic E-state index is 10.2. The van der Waals surface area contributed by atoms with Crippen LogP contribution in [0.25, 0.3) is 11.3 Å². The van der Waals surface area contributed by atoms with Crippen molar-refractivity contribution in [2.45, 2.75) is 0 Å². The van der Waals surface area contributed by atoms with Crippen molar-refractivity contribution in [3.63, 3.8) is 0 Å². The minimum atomic E-state index is -0.674. The van der Waals surface area contributed by atoms with Crippen LogP contribution >= 0.6 is 0 Å². The molecule has 0 aliphatic heterocycles. The molecule has 0 amide bonds. The predicted octanol–water partition coefficient (Wildman–Crippen LogP) is 1.75. The van der Waals surface area contributed by atoms with E-state index < -0.39 is 5.03 Å². The normalized spacial score (nSPS) is 9.75. The fourth-order valence-electron chi connectivity index (χ4n) is 1.25. The molecule has 80 valence electrons. The topological polar surface area (TPSA) is 81.0 Å². The van der Waals surface area contributed by atoms with Crippen LogP contribution in [0.15, 0.2) is 42.5 Å². The lowest BCUT2D eigenvalue weighted by Crippen LogP contribution is -2.09. The van der Waals surface area contributed by atoms with Crippen molar-refractivity contribution >= 4 is 5.82 Å². The number of nitro groups is 1. The quantitative estimate of drug-likeness (QED) is 0.624. The zero-order valence-electron chi connectivity index (χ0n) is 8.20. The Labute approximate surface area is 91.1 Å². The highest BCUT2D eigenvalue weighted by Gasteiger charge is 2.03. The Morgan fingerprint density at radius 1 is 1.06 bits per heavy atom. The van der Waals surface area contributed by atoms with Crippen LogP contribution in [0.3, 0.4) is 0 Å². The third kappa shape index (κ3) is 2.30. The van der Waals surface area contributed by atoms with Crippen LogP contribution in [0.2, 0.25) is 0 Å². The lowest BCUT2D eigenvalue weighted by atomic mass is 10.1. The monoisotopic (exact) mass is 216 g/mol. The molecule has 6 nitrogen and oxygen atoms in total. The van der Waals surface area contributed by atoms with Crippen LogP contribution in [0.5, 0.6) is 0 Å². The predicted molar refractivity (Wildman–Crippen MR) is 58.1 cm³/mol. The first-order valence-electron chi connectivity index (χ1n) is 4.56. The van der Waals surface area contributed by atoms with E-state index in [9.17, 15) is 10.1 Å². The molecule has 0 fully saturated rings. The molecule has 1 aromatic heterocycles. The van der Waals surface area contributed by atoms with Crippen molar-refractivity contribution in [3.8, 4) is 11.3 Å². The third-order valence-electron chi connectivity index (χ3n) is 1.94. The first-order chi connectivity index (χ1) is 7.75. The van der Waals surface area contributed by atoms with Gasteiger partial charge in [0.2, 0.25) is 5.82 Å². The minimum absolute atomic E-state index is 0.115. The number of benzene rings is 1. The second-order valence-electron chi connectivity index (χ2n) is 3.04. The van der Waals surface area contributed by atoms with Gasteiger partial charge in [-0.15, -0.1) is 10.2 Å². The van der Waals surface area contributed by atoms with E-state index in [1.165, 1.54) is 6.07 Å². The highest BCUT2D eigenvalue weighted by Crippen LogP contribution is 2.15. The van der Waals surface area contributed by atoms with E-state index in [0.717, 1.165) is 5.56 Å². The Morgan fingerprint density at radius 2 is 1.81 bits per heavy atom. The molecule has 0 radical (unpaired) electrons. The molecule has 0 saturated carbocycles. The Morgan fingerprint density at radius 3 is 2.38 bits per heavy atom. The molecular formula is C10H8N4O2. The van der Waals surface area contributed by atoms with Gasteiger partial charge < -0.3 is 0 Å². The molecular weight excluding hydrogens is 208 g/mol. The van der Waals surface area contributed by atoms with E-state index in [1.54, 1.807) is 6.07 Å². The first kappa shape index (κ1) is 10.0. The molecule has 0 bridgehead atoms. The summed E-state index contributed by atoms with van der Waals surface area (Å²) in [5.41, 5.74) is 3.53. The van der Waals surface area contributed by atoms with Gasteiger partial charge in [0.15, 0.2) is 5.03 Å². The van der Waals surface area contributed by atoms with Gasteiger partial charge in [-0.05, 0) is 12.1 Å². The lowest BCUT2D eigenvalue weighted by Gasteiger charge is -1.99. The fourth-order valence-corrected chi connectivity index (χ4v) is 1.25. The van der Waals surface area contributed by atoms with E-state index in [1.807, 2.05) is 35.8 Å². The van der Waals surface area contributed by atoms with Crippen molar-refractivity contribution in [1.82, 2.24) is 10.2 Å². The lowest BCUT2D eigenvalue weighted by molar-refractivity contribution is -0.445. The number of hydrogen-bond donors (Lipinski definition) is 1. The smallest absolute Gasteiger partial charge is 0.212 e. The van der Waals surface area contributed by atoms with E-state index in [4.69, 9.17) is 0 Å². The molecule has 0 spiro atoms. The van der Waals surface area contributed by atoms with E-state index in [0.29, 0.717) is 5.69 Å². The zero-order valence-corrected chi connectivity index (χ0v) is 8.20. The maximum atomic E-state index is 10.2. The van der Waals surface area contributed by atoms with Crippen molar-refractivity contribution in [3.05, 3.63) is 52.6 Å². The minimum Gasteiger partial charge on any atom is -0.234 e. The molecule has 1 heterocycles. The second-order valence-corrected chi connectivity index (χ2v) is 3.04. The summed E-state index contributed by atoms with van der Waals surface area (Å²) in [5.74, 6) is 0.115. The summed E-state index contributed by atoms with van der Waals surface area (Å²) in [6.07, 6.45) is 0. The van der Waals surface area contributed by atoms with Crippen LogP contribution in [-0.4, -0.2) is 15.2 Å². The Balaban J connectivity index is 2.23. The molecule has 2 aromatic rings. The SMILES string of the molecule is O=[N+]([O-])Nc1ccc(-c2ccccc2)nn1. The molecule has 0 unspecified atom stereocenters. The molecule has 16 heavy (non-hydrogen) atoms. The summed E-state index contributed by atoms with van der Waals surface area (Å²) in [5, 5.41) is 17.1. The first-order valence-corrected chi connectivity index (χ1v) is 4.56. The summed E-state index contributed by atoms with van der Waals surface area (Å²) < 4.78 is 0. The molecule has 1 N–H and O–H groups in total. The van der Waals surface area contributed by atoms with Gasteiger partial charge >= 0.3 is 0 Å². The number of nitrogens with zero attached hydrogens (tertiary/aromatic N) is 3. The van der Waals surface area contributed by atoms with E-state index in [2.05, 4.69) is 10.2 Å². The van der Waals surface area contributed by atoms with Gasteiger partial charge in [0, 0.05) is 5.56 Å². The molecule has 0 aliphatic rings. The average Bonchev–Trinajstić information content (AvgIpc) is 2.30. The van der Waals surface area contributed by atoms with Gasteiger partial charge in [-0.3, -0.25) is 0 Å². The highest BCUT2D eigenvalue weighted by molar-refractivity contribution is 5.58. The molecule has 6 heteroatoms. The van der Waals surface area contributed by atoms with Crippen LogP contribution in [-0.2, 0) is 0 Å². The average molecular weight is 216 g/mol.